The van der Waals surface area contributed by atoms with Crippen LogP contribution in [0.4, 0.5) is 0 Å². The van der Waals surface area contributed by atoms with Crippen molar-refractivity contribution in [1.82, 2.24) is 0 Å². The van der Waals surface area contributed by atoms with Gasteiger partial charge in [-0.2, -0.15) is 11.8 Å². The first kappa shape index (κ1) is 12.5. The van der Waals surface area contributed by atoms with Gasteiger partial charge in [0.25, 0.3) is 0 Å². The number of hydrogen-bond acceptors (Lipinski definition) is 4. The first-order valence-electron chi connectivity index (χ1n) is 5.21. The number of nitrogens with zero attached hydrogens (tertiary/aromatic N) is 1. The van der Waals surface area contributed by atoms with E-state index in [4.69, 9.17) is 16.3 Å². The van der Waals surface area contributed by atoms with Gasteiger partial charge in [-0.05, 0) is 25.3 Å². The van der Waals surface area contributed by atoms with E-state index in [-0.39, 0.29) is 12.0 Å². The third kappa shape index (κ3) is 2.48. The van der Waals surface area contributed by atoms with E-state index in [0.717, 1.165) is 5.75 Å². The maximum absolute atomic E-state index is 11.6. The summed E-state index contributed by atoms with van der Waals surface area (Å²) in [7, 11) is 0. The Morgan fingerprint density at radius 3 is 3.00 bits per heavy atom. The minimum absolute atomic E-state index is 0.0926. The van der Waals surface area contributed by atoms with Crippen LogP contribution in [0.1, 0.15) is 22.8 Å². The summed E-state index contributed by atoms with van der Waals surface area (Å²) in [6.07, 6.45) is 2.01. The molecule has 1 aliphatic heterocycles. The van der Waals surface area contributed by atoms with E-state index >= 15 is 0 Å². The summed E-state index contributed by atoms with van der Waals surface area (Å²) in [6.45, 7) is 1.98. The van der Waals surface area contributed by atoms with E-state index in [9.17, 15) is 4.79 Å². The predicted molar refractivity (Wildman–Crippen MR) is 71.2 cm³/mol. The minimum Gasteiger partial charge on any atom is -0.403 e. The molecular formula is C12H12ClNO2S. The molecule has 0 radical (unpaired) electrons. The number of aliphatic imine (C=N–C) groups is 1. The number of esters is 1. The van der Waals surface area contributed by atoms with E-state index < -0.39 is 0 Å². The Morgan fingerprint density at radius 1 is 1.53 bits per heavy atom. The summed E-state index contributed by atoms with van der Waals surface area (Å²) >= 11 is 7.77. The highest BCUT2D eigenvalue weighted by Crippen LogP contribution is 2.28. The molecule has 0 saturated carbocycles. The molecule has 1 aromatic rings. The lowest BCUT2D eigenvalue weighted by Gasteiger charge is -2.05. The maximum Gasteiger partial charge on any atom is 0.345 e. The van der Waals surface area contributed by atoms with Crippen LogP contribution in [0.25, 0.3) is 0 Å². The zero-order valence-corrected chi connectivity index (χ0v) is 11.1. The number of carbonyl (C=O) groups is 1. The number of hydrogen-bond donors (Lipinski definition) is 0. The van der Waals surface area contributed by atoms with E-state index in [1.54, 1.807) is 30.0 Å². The van der Waals surface area contributed by atoms with Crippen molar-refractivity contribution in [2.24, 2.45) is 4.99 Å². The van der Waals surface area contributed by atoms with Gasteiger partial charge in [-0.25, -0.2) is 9.79 Å². The second-order valence-electron chi connectivity index (χ2n) is 3.79. The Balaban J connectivity index is 2.39. The van der Waals surface area contributed by atoms with Crippen molar-refractivity contribution < 1.29 is 9.53 Å². The van der Waals surface area contributed by atoms with Gasteiger partial charge in [0.15, 0.2) is 0 Å². The van der Waals surface area contributed by atoms with Gasteiger partial charge in [-0.1, -0.05) is 17.7 Å². The van der Waals surface area contributed by atoms with Crippen LogP contribution >= 0.6 is 23.4 Å². The van der Waals surface area contributed by atoms with Gasteiger partial charge in [-0.15, -0.1) is 0 Å². The van der Waals surface area contributed by atoms with Crippen molar-refractivity contribution in [2.75, 3.05) is 12.0 Å². The third-order valence-corrected chi connectivity index (χ3v) is 3.51. The van der Waals surface area contributed by atoms with Crippen LogP contribution in [0, 0.1) is 0 Å². The van der Waals surface area contributed by atoms with Crippen LogP contribution in [-0.4, -0.2) is 29.9 Å². The van der Waals surface area contributed by atoms with Gasteiger partial charge in [-0.3, -0.25) is 0 Å². The highest BCUT2D eigenvalue weighted by Gasteiger charge is 2.30. The van der Waals surface area contributed by atoms with Crippen molar-refractivity contribution >= 4 is 35.2 Å². The van der Waals surface area contributed by atoms with Gasteiger partial charge in [0, 0.05) is 5.75 Å². The number of cyclic esters (lactones) is 1. The Morgan fingerprint density at radius 2 is 2.29 bits per heavy atom. The molecule has 0 spiro atoms. The standard InChI is InChI=1S/C12H12ClNO2S/c1-7(6-17-2)14-11-10-8(12(15)16-11)4-3-5-9(10)13/h3-5,7H,6H2,1-2H3. The van der Waals surface area contributed by atoms with Crippen LogP contribution in [0.15, 0.2) is 23.2 Å². The zero-order chi connectivity index (χ0) is 12.4. The topological polar surface area (TPSA) is 38.7 Å². The molecule has 1 aliphatic rings. The molecule has 1 atom stereocenters. The molecule has 2 rings (SSSR count). The van der Waals surface area contributed by atoms with Gasteiger partial charge >= 0.3 is 5.97 Å². The van der Waals surface area contributed by atoms with Crippen molar-refractivity contribution in [2.45, 2.75) is 13.0 Å². The van der Waals surface area contributed by atoms with Crippen molar-refractivity contribution in [3.8, 4) is 0 Å². The predicted octanol–water partition coefficient (Wildman–Crippen LogP) is 3.01. The van der Waals surface area contributed by atoms with Gasteiger partial charge in [0.2, 0.25) is 5.90 Å². The minimum atomic E-state index is -0.377. The van der Waals surface area contributed by atoms with Crippen LogP contribution in [0.5, 0.6) is 0 Å². The van der Waals surface area contributed by atoms with Crippen molar-refractivity contribution in [3.63, 3.8) is 0 Å². The molecule has 0 bridgehead atoms. The molecule has 0 amide bonds. The molecule has 0 aromatic heterocycles. The molecule has 0 saturated heterocycles. The molecule has 1 unspecified atom stereocenters. The number of benzene rings is 1. The average molecular weight is 270 g/mol. The lowest BCUT2D eigenvalue weighted by molar-refractivity contribution is 0.0736. The molecule has 3 nitrogen and oxygen atoms in total. The van der Waals surface area contributed by atoms with Crippen LogP contribution < -0.4 is 0 Å². The Bertz CT molecular complexity index is 487. The number of rotatable bonds is 3. The van der Waals surface area contributed by atoms with E-state index in [2.05, 4.69) is 4.99 Å². The quantitative estimate of drug-likeness (QED) is 0.792. The first-order chi connectivity index (χ1) is 8.13. The number of ether oxygens (including phenoxy) is 1. The Labute approximate surface area is 109 Å². The first-order valence-corrected chi connectivity index (χ1v) is 6.98. The molecule has 1 heterocycles. The highest BCUT2D eigenvalue weighted by atomic mass is 35.5. The smallest absolute Gasteiger partial charge is 0.345 e. The number of halogens is 1. The fraction of sp³-hybridized carbons (Fsp3) is 0.333. The summed E-state index contributed by atoms with van der Waals surface area (Å²) in [5.41, 5.74) is 1.11. The van der Waals surface area contributed by atoms with E-state index in [1.807, 2.05) is 13.2 Å². The fourth-order valence-corrected chi connectivity index (χ4v) is 2.49. The SMILES string of the molecule is CSCC(C)N=C1OC(=O)c2cccc(Cl)c21. The summed E-state index contributed by atoms with van der Waals surface area (Å²) < 4.78 is 5.15. The molecule has 1 aromatic carbocycles. The second-order valence-corrected chi connectivity index (χ2v) is 5.11. The molecule has 5 heteroatoms. The van der Waals surface area contributed by atoms with Crippen molar-refractivity contribution in [1.29, 1.82) is 0 Å². The summed E-state index contributed by atoms with van der Waals surface area (Å²) in [5.74, 6) is 0.843. The maximum atomic E-state index is 11.6. The molecule has 0 aliphatic carbocycles. The van der Waals surface area contributed by atoms with Crippen LogP contribution in [0.3, 0.4) is 0 Å². The highest BCUT2D eigenvalue weighted by molar-refractivity contribution is 7.98. The third-order valence-electron chi connectivity index (χ3n) is 2.38. The monoisotopic (exact) mass is 269 g/mol. The van der Waals surface area contributed by atoms with Gasteiger partial charge in [0.1, 0.15) is 0 Å². The van der Waals surface area contributed by atoms with Gasteiger partial charge < -0.3 is 4.74 Å². The Hall–Kier alpha value is -1.00. The number of carbonyl (C=O) groups excluding carboxylic acids is 1. The van der Waals surface area contributed by atoms with Crippen molar-refractivity contribution in [3.05, 3.63) is 34.3 Å². The second kappa shape index (κ2) is 5.10. The molecule has 17 heavy (non-hydrogen) atoms. The van der Waals surface area contributed by atoms with E-state index in [0.29, 0.717) is 22.0 Å². The fourth-order valence-electron chi connectivity index (χ4n) is 1.67. The average Bonchev–Trinajstić information content (AvgIpc) is 2.57. The number of fused-ring (bicyclic) bond motifs is 1. The number of thioether (sulfide) groups is 1. The molecule has 0 N–H and O–H groups in total. The van der Waals surface area contributed by atoms with Crippen LogP contribution in [-0.2, 0) is 4.74 Å². The summed E-state index contributed by atoms with van der Waals surface area (Å²) in [6, 6.07) is 5.26. The van der Waals surface area contributed by atoms with Crippen LogP contribution in [0.2, 0.25) is 5.02 Å². The largest absolute Gasteiger partial charge is 0.403 e. The van der Waals surface area contributed by atoms with Gasteiger partial charge in [0.05, 0.1) is 22.2 Å². The van der Waals surface area contributed by atoms with E-state index in [1.165, 1.54) is 0 Å². The molecule has 90 valence electrons. The molecular weight excluding hydrogens is 258 g/mol. The lowest BCUT2D eigenvalue weighted by Crippen LogP contribution is -2.09. The molecule has 0 fully saturated rings. The summed E-state index contributed by atoms with van der Waals surface area (Å²) in [5, 5.41) is 0.503. The zero-order valence-electron chi connectivity index (χ0n) is 9.57. The summed E-state index contributed by atoms with van der Waals surface area (Å²) in [4.78, 5) is 16.0. The lowest BCUT2D eigenvalue weighted by atomic mass is 10.1. The normalized spacial score (nSPS) is 18.1. The Kier molecular flexibility index (Phi) is 3.74.